The number of carbonyl (C=O) groups is 1. The lowest BCUT2D eigenvalue weighted by Gasteiger charge is -2.07. The van der Waals surface area contributed by atoms with Crippen LogP contribution in [-0.2, 0) is 4.79 Å². The van der Waals surface area contributed by atoms with Crippen LogP contribution in [0.3, 0.4) is 0 Å². The van der Waals surface area contributed by atoms with Crippen LogP contribution in [0.5, 0.6) is 0 Å². The molecule has 4 nitrogen and oxygen atoms in total. The number of nitrogens with zero attached hydrogens (tertiary/aromatic N) is 1. The lowest BCUT2D eigenvalue weighted by molar-refractivity contribution is -0.113. The van der Waals surface area contributed by atoms with Gasteiger partial charge >= 0.3 is 0 Å². The van der Waals surface area contributed by atoms with Gasteiger partial charge in [0.2, 0.25) is 5.91 Å². The minimum absolute atomic E-state index is 0.121. The van der Waals surface area contributed by atoms with Crippen LogP contribution in [-0.4, -0.2) is 16.6 Å². The maximum Gasteiger partial charge on any atom is 0.235 e. The largest absolute Gasteiger partial charge is 0.398 e. The number of pyridine rings is 1. The van der Waals surface area contributed by atoms with Gasteiger partial charge in [-0.15, -0.1) is 11.8 Å². The summed E-state index contributed by atoms with van der Waals surface area (Å²) in [5.41, 5.74) is 6.51. The molecular formula is C13H11Br2N3OS. The fourth-order valence-electron chi connectivity index (χ4n) is 1.41. The SMILES string of the molecule is Nc1ccc(Br)cc1SCC(=O)Nc1ccc(Br)cn1. The number of amides is 1. The first-order valence-corrected chi connectivity index (χ1v) is 8.21. The second-order valence-electron chi connectivity index (χ2n) is 3.88. The molecule has 0 fully saturated rings. The van der Waals surface area contributed by atoms with Crippen LogP contribution in [0.2, 0.25) is 0 Å². The monoisotopic (exact) mass is 415 g/mol. The molecule has 0 aliphatic rings. The first kappa shape index (κ1) is 15.3. The molecule has 2 rings (SSSR count). The van der Waals surface area contributed by atoms with Gasteiger partial charge in [-0.2, -0.15) is 0 Å². The maximum absolute atomic E-state index is 11.8. The molecule has 0 bridgehead atoms. The molecule has 1 aromatic carbocycles. The zero-order valence-electron chi connectivity index (χ0n) is 10.3. The number of aromatic nitrogens is 1. The summed E-state index contributed by atoms with van der Waals surface area (Å²) < 4.78 is 1.80. The summed E-state index contributed by atoms with van der Waals surface area (Å²) in [6.45, 7) is 0. The molecule has 0 spiro atoms. The highest BCUT2D eigenvalue weighted by atomic mass is 79.9. The molecule has 0 atom stereocenters. The van der Waals surface area contributed by atoms with Crippen molar-refractivity contribution in [3.63, 3.8) is 0 Å². The molecule has 20 heavy (non-hydrogen) atoms. The molecule has 1 heterocycles. The Bertz CT molecular complexity index is 620. The van der Waals surface area contributed by atoms with E-state index in [2.05, 4.69) is 42.2 Å². The van der Waals surface area contributed by atoms with Gasteiger partial charge in [-0.05, 0) is 46.3 Å². The third kappa shape index (κ3) is 4.50. The second kappa shape index (κ2) is 7.10. The van der Waals surface area contributed by atoms with E-state index in [9.17, 15) is 4.79 Å². The summed E-state index contributed by atoms with van der Waals surface area (Å²) in [5.74, 6) is 0.684. The quantitative estimate of drug-likeness (QED) is 0.585. The number of hydrogen-bond acceptors (Lipinski definition) is 4. The molecule has 0 radical (unpaired) electrons. The molecule has 1 amide bonds. The standard InChI is InChI=1S/C13H11Br2N3OS/c14-8-1-3-10(16)11(5-8)20-7-13(19)18-12-4-2-9(15)6-17-12/h1-6H,7,16H2,(H,17,18,19). The summed E-state index contributed by atoms with van der Waals surface area (Å²) in [6, 6.07) is 9.12. The number of rotatable bonds is 4. The van der Waals surface area contributed by atoms with E-state index in [0.29, 0.717) is 11.5 Å². The molecule has 0 unspecified atom stereocenters. The van der Waals surface area contributed by atoms with Gasteiger partial charge in [-0.1, -0.05) is 15.9 Å². The molecule has 104 valence electrons. The lowest BCUT2D eigenvalue weighted by Crippen LogP contribution is -2.14. The summed E-state index contributed by atoms with van der Waals surface area (Å²) >= 11 is 8.06. The Kier molecular flexibility index (Phi) is 5.45. The van der Waals surface area contributed by atoms with E-state index in [0.717, 1.165) is 13.8 Å². The van der Waals surface area contributed by atoms with Crippen LogP contribution in [0.25, 0.3) is 0 Å². The van der Waals surface area contributed by atoms with E-state index in [4.69, 9.17) is 5.73 Å². The van der Waals surface area contributed by atoms with Gasteiger partial charge in [0.05, 0.1) is 5.75 Å². The highest BCUT2D eigenvalue weighted by Gasteiger charge is 2.07. The van der Waals surface area contributed by atoms with E-state index in [1.165, 1.54) is 11.8 Å². The van der Waals surface area contributed by atoms with Crippen LogP contribution in [0.4, 0.5) is 11.5 Å². The van der Waals surface area contributed by atoms with Gasteiger partial charge in [0, 0.05) is 25.7 Å². The summed E-state index contributed by atoms with van der Waals surface area (Å²) in [6.07, 6.45) is 1.63. The summed E-state index contributed by atoms with van der Waals surface area (Å²) in [5, 5.41) is 2.73. The fraction of sp³-hybridized carbons (Fsp3) is 0.0769. The predicted octanol–water partition coefficient (Wildman–Crippen LogP) is 3.92. The van der Waals surface area contributed by atoms with E-state index in [1.807, 2.05) is 18.2 Å². The second-order valence-corrected chi connectivity index (χ2v) is 6.73. The highest BCUT2D eigenvalue weighted by molar-refractivity contribution is 9.10. The van der Waals surface area contributed by atoms with Crippen molar-refractivity contribution < 1.29 is 4.79 Å². The average Bonchev–Trinajstić information content (AvgIpc) is 2.42. The minimum atomic E-state index is -0.121. The predicted molar refractivity (Wildman–Crippen MR) is 89.8 cm³/mol. The Balaban J connectivity index is 1.92. The van der Waals surface area contributed by atoms with Gasteiger partial charge < -0.3 is 11.1 Å². The summed E-state index contributed by atoms with van der Waals surface area (Å²) in [7, 11) is 0. The zero-order chi connectivity index (χ0) is 14.5. The van der Waals surface area contributed by atoms with Crippen molar-refractivity contribution in [3.05, 3.63) is 45.5 Å². The van der Waals surface area contributed by atoms with Crippen molar-refractivity contribution in [2.45, 2.75) is 4.90 Å². The normalized spacial score (nSPS) is 10.3. The van der Waals surface area contributed by atoms with Crippen LogP contribution < -0.4 is 11.1 Å². The molecule has 1 aromatic heterocycles. The van der Waals surface area contributed by atoms with Gasteiger partial charge in [0.1, 0.15) is 5.82 Å². The number of carbonyl (C=O) groups excluding carboxylic acids is 1. The Morgan fingerprint density at radius 3 is 2.70 bits per heavy atom. The Morgan fingerprint density at radius 2 is 2.00 bits per heavy atom. The van der Waals surface area contributed by atoms with Gasteiger partial charge in [-0.3, -0.25) is 4.79 Å². The molecule has 0 aliphatic carbocycles. The van der Waals surface area contributed by atoms with E-state index in [-0.39, 0.29) is 11.7 Å². The number of nitrogens with one attached hydrogen (secondary N) is 1. The first-order chi connectivity index (χ1) is 9.54. The summed E-state index contributed by atoms with van der Waals surface area (Å²) in [4.78, 5) is 16.8. The van der Waals surface area contributed by atoms with Crippen molar-refractivity contribution in [2.24, 2.45) is 0 Å². The van der Waals surface area contributed by atoms with Gasteiger partial charge in [-0.25, -0.2) is 4.98 Å². The minimum Gasteiger partial charge on any atom is -0.398 e. The van der Waals surface area contributed by atoms with Gasteiger partial charge in [0.15, 0.2) is 0 Å². The highest BCUT2D eigenvalue weighted by Crippen LogP contribution is 2.28. The Labute approximate surface area is 137 Å². The molecule has 0 saturated heterocycles. The first-order valence-electron chi connectivity index (χ1n) is 5.64. The van der Waals surface area contributed by atoms with Crippen molar-refractivity contribution in [2.75, 3.05) is 16.8 Å². The lowest BCUT2D eigenvalue weighted by atomic mass is 10.3. The number of halogens is 2. The molecule has 0 aliphatic heterocycles. The maximum atomic E-state index is 11.8. The Hall–Kier alpha value is -1.05. The number of hydrogen-bond donors (Lipinski definition) is 2. The third-order valence-electron chi connectivity index (χ3n) is 2.33. The average molecular weight is 417 g/mol. The van der Waals surface area contributed by atoms with E-state index >= 15 is 0 Å². The van der Waals surface area contributed by atoms with Crippen LogP contribution in [0, 0.1) is 0 Å². The van der Waals surface area contributed by atoms with Crippen molar-refractivity contribution in [3.8, 4) is 0 Å². The van der Waals surface area contributed by atoms with Crippen LogP contribution >= 0.6 is 43.6 Å². The fourth-order valence-corrected chi connectivity index (χ4v) is 2.96. The number of thioether (sulfide) groups is 1. The number of anilines is 2. The van der Waals surface area contributed by atoms with Crippen LogP contribution in [0.1, 0.15) is 0 Å². The molecule has 7 heteroatoms. The smallest absolute Gasteiger partial charge is 0.235 e. The van der Waals surface area contributed by atoms with Crippen molar-refractivity contribution >= 4 is 61.0 Å². The number of benzene rings is 1. The molecular weight excluding hydrogens is 406 g/mol. The Morgan fingerprint density at radius 1 is 1.25 bits per heavy atom. The molecule has 3 N–H and O–H groups in total. The van der Waals surface area contributed by atoms with Crippen molar-refractivity contribution in [1.82, 2.24) is 4.98 Å². The van der Waals surface area contributed by atoms with Crippen molar-refractivity contribution in [1.29, 1.82) is 0 Å². The zero-order valence-corrected chi connectivity index (χ0v) is 14.3. The van der Waals surface area contributed by atoms with Crippen LogP contribution in [0.15, 0.2) is 50.4 Å². The van der Waals surface area contributed by atoms with E-state index in [1.54, 1.807) is 18.3 Å². The molecule has 0 saturated carbocycles. The number of nitrogen functional groups attached to an aromatic ring is 1. The third-order valence-corrected chi connectivity index (χ3v) is 4.36. The topological polar surface area (TPSA) is 68.0 Å². The number of nitrogens with two attached hydrogens (primary N) is 1. The van der Waals surface area contributed by atoms with E-state index < -0.39 is 0 Å². The molecule has 2 aromatic rings. The van der Waals surface area contributed by atoms with Gasteiger partial charge in [0.25, 0.3) is 0 Å².